The van der Waals surface area contributed by atoms with Gasteiger partial charge in [-0.15, -0.1) is 11.8 Å². The molecule has 2 N–H and O–H groups in total. The summed E-state index contributed by atoms with van der Waals surface area (Å²) in [6.07, 6.45) is 1.05. The molecule has 30 heavy (non-hydrogen) atoms. The number of carbonyl (C=O) groups is 1. The smallest absolute Gasteiger partial charge is 0.257 e. The SMILES string of the molecule is Cc1cc(CSc2ccccc2)ccc1NC(=O)c1ccc(NS(C)(=O)=O)cc1Cl. The largest absolute Gasteiger partial charge is 0.322 e. The number of carbonyl (C=O) groups excluding carboxylic acids is 1. The van der Waals surface area contributed by atoms with Crippen molar-refractivity contribution in [1.29, 1.82) is 0 Å². The molecule has 0 heterocycles. The number of hydrogen-bond donors (Lipinski definition) is 2. The first-order chi connectivity index (χ1) is 14.2. The Kier molecular flexibility index (Phi) is 7.07. The van der Waals surface area contributed by atoms with E-state index in [2.05, 4.69) is 22.2 Å². The summed E-state index contributed by atoms with van der Waals surface area (Å²) in [4.78, 5) is 13.8. The average molecular weight is 461 g/mol. The summed E-state index contributed by atoms with van der Waals surface area (Å²) < 4.78 is 25.0. The Morgan fingerprint density at radius 3 is 2.40 bits per heavy atom. The zero-order chi connectivity index (χ0) is 21.7. The summed E-state index contributed by atoms with van der Waals surface area (Å²) >= 11 is 7.94. The second kappa shape index (κ2) is 9.55. The zero-order valence-corrected chi connectivity index (χ0v) is 18.9. The molecule has 0 radical (unpaired) electrons. The van der Waals surface area contributed by atoms with Crippen molar-refractivity contribution in [3.8, 4) is 0 Å². The van der Waals surface area contributed by atoms with E-state index in [0.717, 1.165) is 23.1 Å². The number of halogens is 1. The van der Waals surface area contributed by atoms with Gasteiger partial charge >= 0.3 is 0 Å². The van der Waals surface area contributed by atoms with Crippen molar-refractivity contribution >= 4 is 50.7 Å². The highest BCUT2D eigenvalue weighted by Gasteiger charge is 2.14. The standard InChI is InChI=1S/C22H21ClN2O3S2/c1-15-12-16(14-29-18-6-4-3-5-7-18)8-11-21(15)24-22(26)19-10-9-17(13-20(19)23)25-30(2,27)28/h3-13,25H,14H2,1-2H3,(H,24,26). The zero-order valence-electron chi connectivity index (χ0n) is 16.5. The minimum atomic E-state index is -3.42. The predicted octanol–water partition coefficient (Wildman–Crippen LogP) is 5.56. The van der Waals surface area contributed by atoms with Crippen LogP contribution in [-0.4, -0.2) is 20.6 Å². The molecule has 0 aliphatic carbocycles. The van der Waals surface area contributed by atoms with Gasteiger partial charge in [0.2, 0.25) is 10.0 Å². The Labute approximate surface area is 185 Å². The molecule has 0 aliphatic heterocycles. The van der Waals surface area contributed by atoms with E-state index < -0.39 is 10.0 Å². The summed E-state index contributed by atoms with van der Waals surface area (Å²) in [7, 11) is -3.42. The number of aryl methyl sites for hydroxylation is 1. The number of thioether (sulfide) groups is 1. The molecule has 5 nitrogen and oxygen atoms in total. The minimum absolute atomic E-state index is 0.162. The average Bonchev–Trinajstić information content (AvgIpc) is 2.68. The van der Waals surface area contributed by atoms with Gasteiger partial charge in [-0.25, -0.2) is 8.42 Å². The van der Waals surface area contributed by atoms with Crippen molar-refractivity contribution in [2.24, 2.45) is 0 Å². The Balaban J connectivity index is 1.68. The highest BCUT2D eigenvalue weighted by Crippen LogP contribution is 2.26. The first-order valence-electron chi connectivity index (χ1n) is 9.07. The van der Waals surface area contributed by atoms with Crippen LogP contribution >= 0.6 is 23.4 Å². The number of hydrogen-bond acceptors (Lipinski definition) is 4. The van der Waals surface area contributed by atoms with Crippen LogP contribution in [0.2, 0.25) is 5.02 Å². The number of nitrogens with one attached hydrogen (secondary N) is 2. The lowest BCUT2D eigenvalue weighted by molar-refractivity contribution is 0.102. The second-order valence-corrected chi connectivity index (χ2v) is 9.98. The molecule has 0 saturated heterocycles. The number of anilines is 2. The summed E-state index contributed by atoms with van der Waals surface area (Å²) in [5.74, 6) is 0.472. The van der Waals surface area contributed by atoms with Gasteiger partial charge < -0.3 is 5.32 Å². The Morgan fingerprint density at radius 1 is 1.03 bits per heavy atom. The molecule has 3 aromatic carbocycles. The number of sulfonamides is 1. The molecule has 0 atom stereocenters. The lowest BCUT2D eigenvalue weighted by Crippen LogP contribution is -2.14. The fraction of sp³-hybridized carbons (Fsp3) is 0.136. The van der Waals surface area contributed by atoms with Crippen LogP contribution < -0.4 is 10.0 Å². The van der Waals surface area contributed by atoms with Crippen molar-refractivity contribution in [1.82, 2.24) is 0 Å². The second-order valence-electron chi connectivity index (χ2n) is 6.77. The van der Waals surface area contributed by atoms with Gasteiger partial charge in [0.25, 0.3) is 5.91 Å². The molecule has 0 aromatic heterocycles. The van der Waals surface area contributed by atoms with Crippen LogP contribution in [0.4, 0.5) is 11.4 Å². The van der Waals surface area contributed by atoms with E-state index >= 15 is 0 Å². The summed E-state index contributed by atoms with van der Waals surface area (Å²) in [6, 6.07) is 20.5. The highest BCUT2D eigenvalue weighted by molar-refractivity contribution is 7.98. The molecule has 1 amide bonds. The van der Waals surface area contributed by atoms with Gasteiger partial charge in [0, 0.05) is 22.0 Å². The third-order valence-electron chi connectivity index (χ3n) is 4.20. The lowest BCUT2D eigenvalue weighted by Gasteiger charge is -2.12. The van der Waals surface area contributed by atoms with Gasteiger partial charge in [-0.3, -0.25) is 9.52 Å². The molecule has 3 aromatic rings. The van der Waals surface area contributed by atoms with Crippen LogP contribution in [0, 0.1) is 6.92 Å². The molecule has 0 spiro atoms. The van der Waals surface area contributed by atoms with Crippen molar-refractivity contribution in [2.45, 2.75) is 17.6 Å². The van der Waals surface area contributed by atoms with E-state index in [9.17, 15) is 13.2 Å². The van der Waals surface area contributed by atoms with E-state index in [4.69, 9.17) is 11.6 Å². The molecule has 8 heteroatoms. The van der Waals surface area contributed by atoms with Gasteiger partial charge in [0.15, 0.2) is 0 Å². The third-order valence-corrected chi connectivity index (χ3v) is 6.21. The fourth-order valence-corrected chi connectivity index (χ4v) is 4.49. The van der Waals surface area contributed by atoms with Crippen molar-refractivity contribution < 1.29 is 13.2 Å². The van der Waals surface area contributed by atoms with E-state index in [-0.39, 0.29) is 16.5 Å². The van der Waals surface area contributed by atoms with Crippen LogP contribution in [-0.2, 0) is 15.8 Å². The van der Waals surface area contributed by atoms with Crippen LogP contribution in [0.3, 0.4) is 0 Å². The van der Waals surface area contributed by atoms with Crippen LogP contribution in [0.15, 0.2) is 71.6 Å². The number of rotatable bonds is 7. The monoisotopic (exact) mass is 460 g/mol. The van der Waals surface area contributed by atoms with E-state index in [1.165, 1.54) is 23.1 Å². The van der Waals surface area contributed by atoms with Crippen LogP contribution in [0.5, 0.6) is 0 Å². The maximum absolute atomic E-state index is 12.6. The molecule has 3 rings (SSSR count). The molecule has 0 aliphatic rings. The van der Waals surface area contributed by atoms with E-state index in [1.807, 2.05) is 43.3 Å². The van der Waals surface area contributed by atoms with Gasteiger partial charge in [0.05, 0.1) is 16.8 Å². The lowest BCUT2D eigenvalue weighted by atomic mass is 10.1. The quantitative estimate of drug-likeness (QED) is 0.452. The fourth-order valence-electron chi connectivity index (χ4n) is 2.81. The first kappa shape index (κ1) is 22.2. The van der Waals surface area contributed by atoms with E-state index in [0.29, 0.717) is 11.4 Å². The number of benzene rings is 3. The van der Waals surface area contributed by atoms with Crippen molar-refractivity contribution in [3.05, 3.63) is 88.4 Å². The van der Waals surface area contributed by atoms with Crippen LogP contribution in [0.1, 0.15) is 21.5 Å². The normalized spacial score (nSPS) is 11.2. The molecule has 0 saturated carbocycles. The molecular weight excluding hydrogens is 440 g/mol. The predicted molar refractivity (Wildman–Crippen MR) is 125 cm³/mol. The summed E-state index contributed by atoms with van der Waals surface area (Å²) in [5, 5.41) is 3.03. The van der Waals surface area contributed by atoms with Gasteiger partial charge in [-0.2, -0.15) is 0 Å². The Bertz CT molecular complexity index is 1170. The Morgan fingerprint density at radius 2 is 1.77 bits per heavy atom. The maximum atomic E-state index is 12.6. The topological polar surface area (TPSA) is 75.3 Å². The molecule has 0 fully saturated rings. The minimum Gasteiger partial charge on any atom is -0.322 e. The maximum Gasteiger partial charge on any atom is 0.257 e. The summed E-state index contributed by atoms with van der Waals surface area (Å²) in [6.45, 7) is 1.94. The van der Waals surface area contributed by atoms with Gasteiger partial charge in [0.1, 0.15) is 0 Å². The van der Waals surface area contributed by atoms with Crippen LogP contribution in [0.25, 0.3) is 0 Å². The third kappa shape index (κ3) is 6.26. The molecular formula is C22H21ClN2O3S2. The molecule has 0 unspecified atom stereocenters. The van der Waals surface area contributed by atoms with Crippen molar-refractivity contribution in [3.63, 3.8) is 0 Å². The molecule has 0 bridgehead atoms. The summed E-state index contributed by atoms with van der Waals surface area (Å²) in [5.41, 5.74) is 3.37. The first-order valence-corrected chi connectivity index (χ1v) is 12.3. The van der Waals surface area contributed by atoms with E-state index in [1.54, 1.807) is 11.8 Å². The van der Waals surface area contributed by atoms with Gasteiger partial charge in [-0.1, -0.05) is 41.9 Å². The molecule has 156 valence electrons. The Hall–Kier alpha value is -2.48. The number of amides is 1. The highest BCUT2D eigenvalue weighted by atomic mass is 35.5. The van der Waals surface area contributed by atoms with Gasteiger partial charge in [-0.05, 0) is 54.4 Å². The van der Waals surface area contributed by atoms with Crippen molar-refractivity contribution in [2.75, 3.05) is 16.3 Å².